The van der Waals surface area contributed by atoms with E-state index in [9.17, 15) is 9.59 Å². The van der Waals surface area contributed by atoms with Gasteiger partial charge >= 0.3 is 12.2 Å². The Kier molecular flexibility index (Phi) is 4.90. The first-order chi connectivity index (χ1) is 11.5. The lowest BCUT2D eigenvalue weighted by Crippen LogP contribution is -2.60. The maximum absolute atomic E-state index is 12.0. The van der Waals surface area contributed by atoms with Crippen LogP contribution in [0.3, 0.4) is 0 Å². The van der Waals surface area contributed by atoms with Gasteiger partial charge < -0.3 is 19.3 Å². The van der Waals surface area contributed by atoms with Gasteiger partial charge in [-0.3, -0.25) is 4.90 Å². The summed E-state index contributed by atoms with van der Waals surface area (Å²) in [6.07, 6.45) is 3.10. The van der Waals surface area contributed by atoms with E-state index in [-0.39, 0.29) is 18.3 Å². The van der Waals surface area contributed by atoms with Gasteiger partial charge in [-0.15, -0.1) is 0 Å². The van der Waals surface area contributed by atoms with Crippen molar-refractivity contribution in [3.8, 4) is 0 Å². The van der Waals surface area contributed by atoms with E-state index in [1.165, 1.54) is 20.0 Å². The molecule has 0 aromatic rings. The first-order valence-electron chi connectivity index (χ1n) is 9.02. The molecule has 1 aliphatic carbocycles. The summed E-state index contributed by atoms with van der Waals surface area (Å²) in [6.45, 7) is 8.64. The fraction of sp³-hybridized carbons (Fsp3) is 0.882. The third-order valence-corrected chi connectivity index (χ3v) is 5.84. The summed E-state index contributed by atoms with van der Waals surface area (Å²) in [6, 6.07) is 0.563. The molecule has 2 heterocycles. The molecule has 0 N–H and O–H groups in total. The largest absolute Gasteiger partial charge is 0.453 e. The van der Waals surface area contributed by atoms with Gasteiger partial charge in [-0.1, -0.05) is 0 Å². The molecule has 1 unspecified atom stereocenters. The molecular weight excluding hydrogens is 310 g/mol. The number of carbonyl (C=O) groups excluding carboxylic acids is 2. The summed E-state index contributed by atoms with van der Waals surface area (Å²) in [5.41, 5.74) is 0.293. The van der Waals surface area contributed by atoms with E-state index in [0.29, 0.717) is 24.5 Å². The number of ether oxygens (including phenoxy) is 2. The highest BCUT2D eigenvalue weighted by molar-refractivity contribution is 5.69. The molecule has 2 saturated heterocycles. The number of hydrogen-bond donors (Lipinski definition) is 0. The Bertz CT molecular complexity index is 482. The highest BCUT2D eigenvalue weighted by Gasteiger charge is 2.52. The van der Waals surface area contributed by atoms with Crippen LogP contribution in [0.4, 0.5) is 9.59 Å². The minimum Gasteiger partial charge on any atom is -0.453 e. The predicted molar refractivity (Wildman–Crippen MR) is 88.8 cm³/mol. The van der Waals surface area contributed by atoms with Crippen LogP contribution in [0.25, 0.3) is 0 Å². The SMILES string of the molecule is CCN(CC)C(=O)OC1CN(C2CCC3(C2)CN(C(=O)OC)C3)C1. The zero-order chi connectivity index (χ0) is 17.3. The zero-order valence-corrected chi connectivity index (χ0v) is 15.0. The predicted octanol–water partition coefficient (Wildman–Crippen LogP) is 1.77. The second-order valence-electron chi connectivity index (χ2n) is 7.35. The van der Waals surface area contributed by atoms with Crippen molar-refractivity contribution in [2.75, 3.05) is 46.4 Å². The summed E-state index contributed by atoms with van der Waals surface area (Å²) in [5, 5.41) is 0. The highest BCUT2D eigenvalue weighted by Crippen LogP contribution is 2.47. The van der Waals surface area contributed by atoms with Gasteiger partial charge in [-0.2, -0.15) is 0 Å². The molecule has 3 rings (SSSR count). The van der Waals surface area contributed by atoms with Crippen molar-refractivity contribution in [2.45, 2.75) is 45.3 Å². The first-order valence-corrected chi connectivity index (χ1v) is 9.02. The maximum atomic E-state index is 12.0. The molecule has 0 aromatic carbocycles. The van der Waals surface area contributed by atoms with Crippen LogP contribution in [0.15, 0.2) is 0 Å². The molecule has 1 atom stereocenters. The van der Waals surface area contributed by atoms with Crippen molar-refractivity contribution in [1.82, 2.24) is 14.7 Å². The lowest BCUT2D eigenvalue weighted by atomic mass is 9.78. The van der Waals surface area contributed by atoms with Gasteiger partial charge in [0.2, 0.25) is 0 Å². The molecule has 1 saturated carbocycles. The van der Waals surface area contributed by atoms with Crippen LogP contribution in [0.2, 0.25) is 0 Å². The monoisotopic (exact) mass is 339 g/mol. The van der Waals surface area contributed by atoms with Crippen LogP contribution in [0.1, 0.15) is 33.1 Å². The molecule has 2 aliphatic heterocycles. The number of hydrogen-bond acceptors (Lipinski definition) is 5. The number of methoxy groups -OCH3 is 1. The molecule has 1 spiro atoms. The summed E-state index contributed by atoms with van der Waals surface area (Å²) >= 11 is 0. The maximum Gasteiger partial charge on any atom is 0.410 e. The van der Waals surface area contributed by atoms with Crippen molar-refractivity contribution in [3.63, 3.8) is 0 Å². The average Bonchev–Trinajstić information content (AvgIpc) is 2.94. The van der Waals surface area contributed by atoms with Gasteiger partial charge in [0.05, 0.1) is 7.11 Å². The van der Waals surface area contributed by atoms with Crippen LogP contribution >= 0.6 is 0 Å². The molecular formula is C17H29N3O4. The molecule has 0 bridgehead atoms. The van der Waals surface area contributed by atoms with E-state index in [2.05, 4.69) is 4.90 Å². The normalized spacial score (nSPS) is 26.0. The second kappa shape index (κ2) is 6.78. The Morgan fingerprint density at radius 3 is 2.46 bits per heavy atom. The molecule has 3 aliphatic rings. The third kappa shape index (κ3) is 3.18. The van der Waals surface area contributed by atoms with E-state index in [1.807, 2.05) is 13.8 Å². The minimum atomic E-state index is -0.212. The van der Waals surface area contributed by atoms with Crippen LogP contribution in [0, 0.1) is 5.41 Å². The molecule has 7 heteroatoms. The van der Waals surface area contributed by atoms with Crippen LogP contribution < -0.4 is 0 Å². The summed E-state index contributed by atoms with van der Waals surface area (Å²) < 4.78 is 10.3. The number of carbonyl (C=O) groups is 2. The van der Waals surface area contributed by atoms with Gasteiger partial charge in [0.25, 0.3) is 0 Å². The molecule has 0 radical (unpaired) electrons. The molecule has 2 amide bonds. The van der Waals surface area contributed by atoms with E-state index < -0.39 is 0 Å². The van der Waals surface area contributed by atoms with Crippen molar-refractivity contribution >= 4 is 12.2 Å². The van der Waals surface area contributed by atoms with Crippen LogP contribution in [-0.4, -0.2) is 85.4 Å². The van der Waals surface area contributed by atoms with E-state index in [4.69, 9.17) is 9.47 Å². The summed E-state index contributed by atoms with van der Waals surface area (Å²) in [5.74, 6) is 0. The number of nitrogens with zero attached hydrogens (tertiary/aromatic N) is 3. The van der Waals surface area contributed by atoms with E-state index in [0.717, 1.165) is 32.6 Å². The number of amides is 2. The Balaban J connectivity index is 1.39. The van der Waals surface area contributed by atoms with Gasteiger partial charge in [-0.25, -0.2) is 9.59 Å². The molecule has 24 heavy (non-hydrogen) atoms. The standard InChI is InChI=1S/C17H29N3O4/c1-4-18(5-2)16(22)24-14-9-19(10-14)13-6-7-17(8-13)11-20(12-17)15(21)23-3/h13-14H,4-12H2,1-3H3. The summed E-state index contributed by atoms with van der Waals surface area (Å²) in [4.78, 5) is 29.4. The van der Waals surface area contributed by atoms with Crippen molar-refractivity contribution in [3.05, 3.63) is 0 Å². The molecule has 136 valence electrons. The third-order valence-electron chi connectivity index (χ3n) is 5.84. The second-order valence-corrected chi connectivity index (χ2v) is 7.35. The van der Waals surface area contributed by atoms with Gasteiger partial charge in [0.1, 0.15) is 6.10 Å². The van der Waals surface area contributed by atoms with E-state index >= 15 is 0 Å². The number of rotatable bonds is 4. The van der Waals surface area contributed by atoms with Crippen LogP contribution in [-0.2, 0) is 9.47 Å². The zero-order valence-electron chi connectivity index (χ0n) is 15.0. The highest BCUT2D eigenvalue weighted by atomic mass is 16.6. The van der Waals surface area contributed by atoms with Gasteiger partial charge in [0, 0.05) is 50.7 Å². The quantitative estimate of drug-likeness (QED) is 0.781. The Morgan fingerprint density at radius 1 is 1.21 bits per heavy atom. The Labute approximate surface area is 143 Å². The lowest BCUT2D eigenvalue weighted by Gasteiger charge is -2.48. The van der Waals surface area contributed by atoms with Crippen molar-refractivity contribution in [1.29, 1.82) is 0 Å². The Morgan fingerprint density at radius 2 is 1.88 bits per heavy atom. The average molecular weight is 339 g/mol. The molecule has 3 fully saturated rings. The topological polar surface area (TPSA) is 62.3 Å². The summed E-state index contributed by atoms with van der Waals surface area (Å²) in [7, 11) is 1.44. The van der Waals surface area contributed by atoms with Gasteiger partial charge in [0.15, 0.2) is 0 Å². The minimum absolute atomic E-state index is 0.0302. The fourth-order valence-electron chi connectivity index (χ4n) is 4.34. The first kappa shape index (κ1) is 17.3. The molecule has 0 aromatic heterocycles. The Hall–Kier alpha value is -1.50. The smallest absolute Gasteiger partial charge is 0.410 e. The van der Waals surface area contributed by atoms with Gasteiger partial charge in [-0.05, 0) is 33.1 Å². The lowest BCUT2D eigenvalue weighted by molar-refractivity contribution is -0.0513. The molecule has 7 nitrogen and oxygen atoms in total. The fourth-order valence-corrected chi connectivity index (χ4v) is 4.34. The van der Waals surface area contributed by atoms with Crippen LogP contribution in [0.5, 0.6) is 0 Å². The van der Waals surface area contributed by atoms with Crippen molar-refractivity contribution in [2.24, 2.45) is 5.41 Å². The van der Waals surface area contributed by atoms with E-state index in [1.54, 1.807) is 9.80 Å². The van der Waals surface area contributed by atoms with Crippen molar-refractivity contribution < 1.29 is 19.1 Å². The number of likely N-dealkylation sites (tertiary alicyclic amines) is 2.